The van der Waals surface area contributed by atoms with Crippen LogP contribution in [0.4, 0.5) is 5.88 Å². The second-order valence-electron chi connectivity index (χ2n) is 8.26. The topological polar surface area (TPSA) is 87.9 Å². The zero-order valence-corrected chi connectivity index (χ0v) is 19.5. The Balaban J connectivity index is 1.21. The molecule has 1 aliphatic rings. The number of aromatic nitrogens is 1. The number of hydrogen-bond donors (Lipinski definition) is 0. The zero-order valence-electron chi connectivity index (χ0n) is 19.5. The average molecular weight is 471 g/mol. The Morgan fingerprint density at radius 2 is 1.66 bits per heavy atom. The molecular weight excluding hydrogens is 444 g/mol. The van der Waals surface area contributed by atoms with Gasteiger partial charge in [0.15, 0.2) is 5.76 Å². The standard InChI is InChI=1S/C27H26N4O4/c1-32-21-7-9-22(10-8-21)33-19-23-11-12-25(34-23)26-29-24(17-28)27(35-26)31-15-13-30(14-16-31)18-20-5-3-2-4-6-20/h2-12H,13-16,18-19H2,1H3. The number of rotatable bonds is 8. The molecule has 0 aliphatic carbocycles. The average Bonchev–Trinajstić information content (AvgIpc) is 3.56. The van der Waals surface area contributed by atoms with Gasteiger partial charge in [0.2, 0.25) is 11.6 Å². The molecule has 1 fully saturated rings. The number of nitriles is 1. The lowest BCUT2D eigenvalue weighted by molar-refractivity contribution is 0.246. The van der Waals surface area contributed by atoms with Gasteiger partial charge in [-0.1, -0.05) is 30.3 Å². The van der Waals surface area contributed by atoms with Crippen LogP contribution in [0.2, 0.25) is 0 Å². The Morgan fingerprint density at radius 3 is 2.37 bits per heavy atom. The van der Waals surface area contributed by atoms with E-state index in [9.17, 15) is 5.26 Å². The van der Waals surface area contributed by atoms with Gasteiger partial charge in [-0.3, -0.25) is 4.90 Å². The van der Waals surface area contributed by atoms with Gasteiger partial charge in [0.1, 0.15) is 29.9 Å². The fourth-order valence-electron chi connectivity index (χ4n) is 4.05. The molecule has 0 N–H and O–H groups in total. The van der Waals surface area contributed by atoms with Gasteiger partial charge in [-0.2, -0.15) is 10.2 Å². The van der Waals surface area contributed by atoms with Crippen molar-refractivity contribution >= 4 is 5.88 Å². The van der Waals surface area contributed by atoms with Gasteiger partial charge in [-0.25, -0.2) is 0 Å². The summed E-state index contributed by atoms with van der Waals surface area (Å²) >= 11 is 0. The van der Waals surface area contributed by atoms with Gasteiger partial charge in [-0.15, -0.1) is 0 Å². The molecule has 0 amide bonds. The Kier molecular flexibility index (Phi) is 6.68. The lowest BCUT2D eigenvalue weighted by atomic mass is 10.2. The summed E-state index contributed by atoms with van der Waals surface area (Å²) in [6.07, 6.45) is 0. The number of anilines is 1. The van der Waals surface area contributed by atoms with Crippen molar-refractivity contribution in [2.24, 2.45) is 0 Å². The third kappa shape index (κ3) is 5.31. The van der Waals surface area contributed by atoms with Gasteiger partial charge >= 0.3 is 0 Å². The molecule has 2 aromatic carbocycles. The summed E-state index contributed by atoms with van der Waals surface area (Å²) in [4.78, 5) is 8.86. The van der Waals surface area contributed by atoms with E-state index >= 15 is 0 Å². The van der Waals surface area contributed by atoms with E-state index in [1.165, 1.54) is 5.56 Å². The van der Waals surface area contributed by atoms with E-state index in [0.29, 0.717) is 29.0 Å². The van der Waals surface area contributed by atoms with E-state index in [1.54, 1.807) is 13.2 Å². The highest BCUT2D eigenvalue weighted by Gasteiger charge is 2.25. The third-order valence-corrected chi connectivity index (χ3v) is 5.94. The molecule has 0 atom stereocenters. The highest BCUT2D eigenvalue weighted by atomic mass is 16.5. The maximum atomic E-state index is 9.64. The highest BCUT2D eigenvalue weighted by Crippen LogP contribution is 2.30. The molecule has 8 nitrogen and oxygen atoms in total. The first-order valence-corrected chi connectivity index (χ1v) is 11.5. The first-order valence-electron chi connectivity index (χ1n) is 11.5. The van der Waals surface area contributed by atoms with Crippen LogP contribution < -0.4 is 14.4 Å². The first-order chi connectivity index (χ1) is 17.2. The molecule has 35 heavy (non-hydrogen) atoms. The van der Waals surface area contributed by atoms with Crippen LogP contribution >= 0.6 is 0 Å². The first kappa shape index (κ1) is 22.6. The smallest absolute Gasteiger partial charge is 0.266 e. The minimum atomic E-state index is 0.258. The molecular formula is C27H26N4O4. The molecule has 3 heterocycles. The summed E-state index contributed by atoms with van der Waals surface area (Å²) in [7, 11) is 1.62. The molecule has 0 spiro atoms. The quantitative estimate of drug-likeness (QED) is 0.366. The van der Waals surface area contributed by atoms with Crippen molar-refractivity contribution in [3.63, 3.8) is 0 Å². The second kappa shape index (κ2) is 10.4. The van der Waals surface area contributed by atoms with Crippen LogP contribution in [0.25, 0.3) is 11.7 Å². The summed E-state index contributed by atoms with van der Waals surface area (Å²) < 4.78 is 22.8. The number of oxazole rings is 1. The molecule has 4 aromatic rings. The van der Waals surface area contributed by atoms with Crippen molar-refractivity contribution in [2.75, 3.05) is 38.2 Å². The second-order valence-corrected chi connectivity index (χ2v) is 8.26. The Hall–Kier alpha value is -4.22. The van der Waals surface area contributed by atoms with Crippen LogP contribution in [-0.2, 0) is 13.2 Å². The van der Waals surface area contributed by atoms with Gasteiger partial charge < -0.3 is 23.2 Å². The molecule has 0 bridgehead atoms. The molecule has 0 unspecified atom stereocenters. The summed E-state index contributed by atoms with van der Waals surface area (Å²) in [5, 5.41) is 9.64. The zero-order chi connectivity index (χ0) is 24.0. The summed E-state index contributed by atoms with van der Waals surface area (Å²) in [5.41, 5.74) is 1.56. The van der Waals surface area contributed by atoms with Crippen molar-refractivity contribution in [2.45, 2.75) is 13.2 Å². The van der Waals surface area contributed by atoms with Crippen LogP contribution in [-0.4, -0.2) is 43.2 Å². The van der Waals surface area contributed by atoms with Crippen LogP contribution in [0.3, 0.4) is 0 Å². The fraction of sp³-hybridized carbons (Fsp3) is 0.259. The molecule has 178 valence electrons. The number of nitrogens with zero attached hydrogens (tertiary/aromatic N) is 4. The molecule has 2 aromatic heterocycles. The van der Waals surface area contributed by atoms with E-state index in [-0.39, 0.29) is 12.3 Å². The van der Waals surface area contributed by atoms with E-state index in [2.05, 4.69) is 45.1 Å². The van der Waals surface area contributed by atoms with E-state index in [4.69, 9.17) is 18.3 Å². The molecule has 8 heteroatoms. The van der Waals surface area contributed by atoms with Crippen molar-refractivity contribution in [3.05, 3.63) is 83.7 Å². The summed E-state index contributed by atoms with van der Waals surface area (Å²) in [6.45, 7) is 4.45. The summed E-state index contributed by atoms with van der Waals surface area (Å²) in [5.74, 6) is 3.35. The molecule has 1 saturated heterocycles. The lowest BCUT2D eigenvalue weighted by Gasteiger charge is -2.34. The van der Waals surface area contributed by atoms with Crippen LogP contribution in [0.1, 0.15) is 17.0 Å². The minimum absolute atomic E-state index is 0.258. The maximum absolute atomic E-state index is 9.64. The predicted octanol–water partition coefficient (Wildman–Crippen LogP) is 4.72. The van der Waals surface area contributed by atoms with Crippen LogP contribution in [0, 0.1) is 11.3 Å². The molecule has 0 saturated carbocycles. The van der Waals surface area contributed by atoms with Crippen molar-refractivity contribution in [3.8, 4) is 29.2 Å². The van der Waals surface area contributed by atoms with Crippen LogP contribution in [0.15, 0.2) is 75.6 Å². The number of methoxy groups -OCH3 is 1. The Labute approximate surface area is 203 Å². The lowest BCUT2D eigenvalue weighted by Crippen LogP contribution is -2.46. The van der Waals surface area contributed by atoms with Crippen molar-refractivity contribution in [1.82, 2.24) is 9.88 Å². The molecule has 0 radical (unpaired) electrons. The number of hydrogen-bond acceptors (Lipinski definition) is 8. The van der Waals surface area contributed by atoms with Crippen molar-refractivity contribution < 1.29 is 18.3 Å². The minimum Gasteiger partial charge on any atom is -0.497 e. The SMILES string of the molecule is COc1ccc(OCc2ccc(-c3nc(C#N)c(N4CCN(Cc5ccccc5)CC4)o3)o2)cc1. The normalized spacial score (nSPS) is 14.0. The van der Waals surface area contributed by atoms with E-state index in [1.807, 2.05) is 36.4 Å². The van der Waals surface area contributed by atoms with Gasteiger partial charge in [0.25, 0.3) is 5.89 Å². The van der Waals surface area contributed by atoms with Gasteiger partial charge in [-0.05, 0) is 42.0 Å². The van der Waals surface area contributed by atoms with Gasteiger partial charge in [0.05, 0.1) is 7.11 Å². The Morgan fingerprint density at radius 1 is 0.914 bits per heavy atom. The largest absolute Gasteiger partial charge is 0.497 e. The fourth-order valence-corrected chi connectivity index (χ4v) is 4.05. The summed E-state index contributed by atoms with van der Waals surface area (Å²) in [6, 6.07) is 23.5. The third-order valence-electron chi connectivity index (χ3n) is 5.94. The number of piperazine rings is 1. The monoisotopic (exact) mass is 470 g/mol. The van der Waals surface area contributed by atoms with E-state index < -0.39 is 0 Å². The number of ether oxygens (including phenoxy) is 2. The Bertz CT molecular complexity index is 1280. The molecule has 1 aliphatic heterocycles. The van der Waals surface area contributed by atoms with Crippen molar-refractivity contribution in [1.29, 1.82) is 5.26 Å². The maximum Gasteiger partial charge on any atom is 0.266 e. The van der Waals surface area contributed by atoms with Crippen LogP contribution in [0.5, 0.6) is 11.5 Å². The highest BCUT2D eigenvalue weighted by molar-refractivity contribution is 5.56. The number of furan rings is 1. The van der Waals surface area contributed by atoms with E-state index in [0.717, 1.165) is 38.5 Å². The number of benzene rings is 2. The molecule has 5 rings (SSSR count). The predicted molar refractivity (Wildman–Crippen MR) is 130 cm³/mol. The van der Waals surface area contributed by atoms with Gasteiger partial charge in [0, 0.05) is 32.7 Å².